The van der Waals surface area contributed by atoms with Gasteiger partial charge in [0.05, 0.1) is 0 Å². The molecule has 1 nitrogen and oxygen atoms in total. The van der Waals surface area contributed by atoms with Gasteiger partial charge in [-0.3, -0.25) is 0 Å². The predicted molar refractivity (Wildman–Crippen MR) is 65.5 cm³/mol. The van der Waals surface area contributed by atoms with Crippen LogP contribution in [0.3, 0.4) is 0 Å². The number of allylic oxidation sites excluding steroid dienone is 1. The van der Waals surface area contributed by atoms with E-state index in [1.54, 1.807) is 6.08 Å². The van der Waals surface area contributed by atoms with Crippen LogP contribution in [0.25, 0.3) is 0 Å². The molecule has 0 atom stereocenters. The molecule has 0 unspecified atom stereocenters. The van der Waals surface area contributed by atoms with Crippen LogP contribution in [0.2, 0.25) is 0 Å². The molecular weight excluding hydrogens is 170 g/mol. The van der Waals surface area contributed by atoms with Crippen molar-refractivity contribution in [2.24, 2.45) is 11.8 Å². The lowest BCUT2D eigenvalue weighted by Crippen LogP contribution is -2.30. The molecule has 0 aliphatic carbocycles. The highest BCUT2D eigenvalue weighted by molar-refractivity contribution is 4.70. The summed E-state index contributed by atoms with van der Waals surface area (Å²) in [6.45, 7) is 12.5. The van der Waals surface area contributed by atoms with Crippen LogP contribution < -0.4 is 0 Å². The fourth-order valence-electron chi connectivity index (χ4n) is 1.96. The van der Waals surface area contributed by atoms with Gasteiger partial charge >= 0.3 is 0 Å². The van der Waals surface area contributed by atoms with Crippen LogP contribution in [-0.2, 0) is 0 Å². The molecule has 1 fully saturated rings. The predicted octanol–water partition coefficient (Wildman–Crippen LogP) is 3.57. The number of nitrogens with zero attached hydrogens (tertiary/aromatic N) is 1. The first-order valence-electron chi connectivity index (χ1n) is 5.85. The van der Waals surface area contributed by atoms with Crippen LogP contribution in [0.5, 0.6) is 0 Å². The van der Waals surface area contributed by atoms with E-state index in [4.69, 9.17) is 0 Å². The summed E-state index contributed by atoms with van der Waals surface area (Å²) in [6, 6.07) is 0. The summed E-state index contributed by atoms with van der Waals surface area (Å²) >= 11 is 0. The molecule has 0 aromatic carbocycles. The Morgan fingerprint density at radius 3 is 2.14 bits per heavy atom. The summed E-state index contributed by atoms with van der Waals surface area (Å²) < 4.78 is 0. The zero-order valence-electron chi connectivity index (χ0n) is 10.4. The number of hydrogen-bond acceptors (Lipinski definition) is 1. The summed E-state index contributed by atoms with van der Waals surface area (Å²) in [5, 5.41) is 0. The van der Waals surface area contributed by atoms with Crippen molar-refractivity contribution in [2.75, 3.05) is 20.1 Å². The van der Waals surface area contributed by atoms with Crippen molar-refractivity contribution in [3.63, 3.8) is 0 Å². The first-order valence-corrected chi connectivity index (χ1v) is 5.85. The monoisotopic (exact) mass is 197 g/mol. The molecule has 0 aromatic heterocycles. The number of hydrogen-bond donors (Lipinski definition) is 0. The molecule has 1 aliphatic heterocycles. The van der Waals surface area contributed by atoms with Crippen molar-refractivity contribution < 1.29 is 0 Å². The Kier molecular flexibility index (Phi) is 7.87. The minimum Gasteiger partial charge on any atom is -0.306 e. The van der Waals surface area contributed by atoms with Crippen LogP contribution in [0, 0.1) is 11.8 Å². The highest BCUT2D eigenvalue weighted by Gasteiger charge is 2.16. The van der Waals surface area contributed by atoms with Crippen molar-refractivity contribution in [3.05, 3.63) is 12.7 Å². The van der Waals surface area contributed by atoms with Gasteiger partial charge in [0.2, 0.25) is 0 Å². The summed E-state index contributed by atoms with van der Waals surface area (Å²) in [6.07, 6.45) is 6.04. The molecule has 1 aliphatic rings. The van der Waals surface area contributed by atoms with E-state index in [2.05, 4.69) is 32.4 Å². The lowest BCUT2D eigenvalue weighted by Gasteiger charge is -2.29. The topological polar surface area (TPSA) is 3.24 Å². The molecule has 14 heavy (non-hydrogen) atoms. The molecule has 1 rings (SSSR count). The minimum absolute atomic E-state index is 0.892. The van der Waals surface area contributed by atoms with Crippen molar-refractivity contribution in [3.8, 4) is 0 Å². The summed E-state index contributed by atoms with van der Waals surface area (Å²) in [5.41, 5.74) is 0. The van der Waals surface area contributed by atoms with Gasteiger partial charge in [0, 0.05) is 0 Å². The van der Waals surface area contributed by atoms with Gasteiger partial charge in [-0.1, -0.05) is 19.9 Å². The zero-order chi connectivity index (χ0) is 11.0. The largest absolute Gasteiger partial charge is 0.306 e. The highest BCUT2D eigenvalue weighted by atomic mass is 15.1. The number of piperidine rings is 1. The lowest BCUT2D eigenvalue weighted by molar-refractivity contribution is 0.201. The third kappa shape index (κ3) is 7.14. The molecule has 0 spiro atoms. The summed E-state index contributed by atoms with van der Waals surface area (Å²) in [4.78, 5) is 2.44. The second kappa shape index (κ2) is 8.05. The Labute approximate surface area is 90.2 Å². The molecule has 0 aromatic rings. The van der Waals surface area contributed by atoms with Crippen LogP contribution in [-0.4, -0.2) is 25.0 Å². The van der Waals surface area contributed by atoms with Gasteiger partial charge in [-0.05, 0) is 58.2 Å². The van der Waals surface area contributed by atoms with E-state index >= 15 is 0 Å². The van der Waals surface area contributed by atoms with E-state index in [1.165, 1.54) is 32.4 Å². The maximum atomic E-state index is 3.36. The van der Waals surface area contributed by atoms with Crippen molar-refractivity contribution >= 4 is 0 Å². The van der Waals surface area contributed by atoms with E-state index in [0.29, 0.717) is 0 Å². The Hall–Kier alpha value is -0.300. The molecule has 0 amide bonds. The molecule has 1 heteroatoms. The fourth-order valence-corrected chi connectivity index (χ4v) is 1.96. The second-order valence-corrected chi connectivity index (χ2v) is 4.78. The third-order valence-electron chi connectivity index (χ3n) is 2.64. The number of rotatable bonds is 2. The van der Waals surface area contributed by atoms with Crippen LogP contribution >= 0.6 is 0 Å². The highest BCUT2D eigenvalue weighted by Crippen LogP contribution is 2.22. The van der Waals surface area contributed by atoms with E-state index in [9.17, 15) is 0 Å². The van der Waals surface area contributed by atoms with Crippen molar-refractivity contribution in [1.29, 1.82) is 0 Å². The molecule has 1 saturated heterocycles. The average Bonchev–Trinajstić information content (AvgIpc) is 2.09. The molecule has 0 saturated carbocycles. The SMILES string of the molecule is C=CC.CC(C)CC1CCN(C)CC1. The van der Waals surface area contributed by atoms with Gasteiger partial charge in [0.25, 0.3) is 0 Å². The zero-order valence-corrected chi connectivity index (χ0v) is 10.4. The van der Waals surface area contributed by atoms with E-state index < -0.39 is 0 Å². The van der Waals surface area contributed by atoms with E-state index in [0.717, 1.165) is 11.8 Å². The molecule has 84 valence electrons. The van der Waals surface area contributed by atoms with Crippen molar-refractivity contribution in [1.82, 2.24) is 4.90 Å². The molecule has 0 radical (unpaired) electrons. The Morgan fingerprint density at radius 1 is 1.36 bits per heavy atom. The van der Waals surface area contributed by atoms with Gasteiger partial charge in [-0.15, -0.1) is 6.58 Å². The Morgan fingerprint density at radius 2 is 1.79 bits per heavy atom. The molecule has 0 bridgehead atoms. The van der Waals surface area contributed by atoms with Crippen LogP contribution in [0.15, 0.2) is 12.7 Å². The van der Waals surface area contributed by atoms with Gasteiger partial charge in [-0.2, -0.15) is 0 Å². The normalized spacial score (nSPS) is 18.9. The lowest BCUT2D eigenvalue weighted by atomic mass is 9.89. The first kappa shape index (κ1) is 13.7. The maximum Gasteiger partial charge on any atom is -0.00191 e. The van der Waals surface area contributed by atoms with Crippen LogP contribution in [0.1, 0.15) is 40.0 Å². The standard InChI is InChI=1S/C10H21N.C3H6/c1-9(2)8-10-4-6-11(3)7-5-10;1-3-2/h9-10H,4-8H2,1-3H3;3H,1H2,2H3. The summed E-state index contributed by atoms with van der Waals surface area (Å²) in [7, 11) is 2.23. The van der Waals surface area contributed by atoms with Gasteiger partial charge < -0.3 is 4.90 Å². The van der Waals surface area contributed by atoms with E-state index in [-0.39, 0.29) is 0 Å². The third-order valence-corrected chi connectivity index (χ3v) is 2.64. The van der Waals surface area contributed by atoms with E-state index in [1.807, 2.05) is 6.92 Å². The van der Waals surface area contributed by atoms with Gasteiger partial charge in [-0.25, -0.2) is 0 Å². The maximum absolute atomic E-state index is 3.36. The average molecular weight is 197 g/mol. The smallest absolute Gasteiger partial charge is 0.00191 e. The summed E-state index contributed by atoms with van der Waals surface area (Å²) in [5.74, 6) is 1.91. The fraction of sp³-hybridized carbons (Fsp3) is 0.846. The van der Waals surface area contributed by atoms with Gasteiger partial charge in [0.1, 0.15) is 0 Å². The Bertz CT molecular complexity index is 132. The first-order chi connectivity index (χ1) is 6.60. The molecule has 1 heterocycles. The molecule has 0 N–H and O–H groups in total. The number of likely N-dealkylation sites (tertiary alicyclic amines) is 1. The van der Waals surface area contributed by atoms with Crippen LogP contribution in [0.4, 0.5) is 0 Å². The quantitative estimate of drug-likeness (QED) is 0.612. The molecular formula is C13H27N. The van der Waals surface area contributed by atoms with Gasteiger partial charge in [0.15, 0.2) is 0 Å². The Balaban J connectivity index is 0.000000500. The second-order valence-electron chi connectivity index (χ2n) is 4.78. The minimum atomic E-state index is 0.892. The van der Waals surface area contributed by atoms with Crippen molar-refractivity contribution in [2.45, 2.75) is 40.0 Å².